The molecular formula is C23H19FN4O. The molecule has 4 aromatic rings. The summed E-state index contributed by atoms with van der Waals surface area (Å²) in [5, 5.41) is 9.45. The third-order valence-electron chi connectivity index (χ3n) is 5.21. The lowest BCUT2D eigenvalue weighted by atomic mass is 9.96. The van der Waals surface area contributed by atoms with Gasteiger partial charge < -0.3 is 10.5 Å². The molecule has 2 aromatic heterocycles. The SMILES string of the molecule is OCc1cccc(-c2cnc3ccc(C4=CNNC4c4ccc(F)cc4)cn23)c1. The number of hydrazine groups is 1. The van der Waals surface area contributed by atoms with Crippen LogP contribution < -0.4 is 10.9 Å². The summed E-state index contributed by atoms with van der Waals surface area (Å²) < 4.78 is 15.4. The second kappa shape index (κ2) is 7.16. The van der Waals surface area contributed by atoms with Crippen molar-refractivity contribution in [2.24, 2.45) is 0 Å². The molecule has 0 fully saturated rings. The minimum Gasteiger partial charge on any atom is -0.392 e. The highest BCUT2D eigenvalue weighted by atomic mass is 19.1. The highest BCUT2D eigenvalue weighted by Gasteiger charge is 2.23. The van der Waals surface area contributed by atoms with Gasteiger partial charge in [0, 0.05) is 23.5 Å². The Balaban J connectivity index is 1.56. The lowest BCUT2D eigenvalue weighted by Crippen LogP contribution is -2.25. The molecule has 0 bridgehead atoms. The van der Waals surface area contributed by atoms with E-state index in [0.29, 0.717) is 0 Å². The molecule has 5 nitrogen and oxygen atoms in total. The van der Waals surface area contributed by atoms with E-state index < -0.39 is 0 Å². The fourth-order valence-corrected chi connectivity index (χ4v) is 3.73. The Bertz CT molecular complexity index is 1210. The summed E-state index contributed by atoms with van der Waals surface area (Å²) in [5.41, 5.74) is 13.0. The molecule has 1 atom stereocenters. The topological polar surface area (TPSA) is 61.6 Å². The van der Waals surface area contributed by atoms with Gasteiger partial charge in [0.05, 0.1) is 24.5 Å². The highest BCUT2D eigenvalue weighted by molar-refractivity contribution is 5.74. The molecule has 144 valence electrons. The lowest BCUT2D eigenvalue weighted by Gasteiger charge is -2.16. The summed E-state index contributed by atoms with van der Waals surface area (Å²) in [6.45, 7) is -0.000594. The lowest BCUT2D eigenvalue weighted by molar-refractivity contribution is 0.282. The number of imidazole rings is 1. The van der Waals surface area contributed by atoms with Gasteiger partial charge in [-0.25, -0.2) is 14.8 Å². The molecule has 2 aromatic carbocycles. The first-order chi connectivity index (χ1) is 14.2. The third kappa shape index (κ3) is 3.18. The number of aromatic nitrogens is 2. The second-order valence-electron chi connectivity index (χ2n) is 7.02. The van der Waals surface area contributed by atoms with Gasteiger partial charge in [-0.1, -0.05) is 30.3 Å². The molecule has 5 rings (SSSR count). The van der Waals surface area contributed by atoms with Crippen molar-refractivity contribution >= 4 is 11.2 Å². The van der Waals surface area contributed by atoms with Gasteiger partial charge >= 0.3 is 0 Å². The van der Waals surface area contributed by atoms with E-state index >= 15 is 0 Å². The van der Waals surface area contributed by atoms with Crippen LogP contribution in [0.15, 0.2) is 79.3 Å². The van der Waals surface area contributed by atoms with Gasteiger partial charge in [-0.2, -0.15) is 0 Å². The van der Waals surface area contributed by atoms with Crippen LogP contribution >= 0.6 is 0 Å². The summed E-state index contributed by atoms with van der Waals surface area (Å²) in [5.74, 6) is -0.250. The molecule has 0 radical (unpaired) electrons. The van der Waals surface area contributed by atoms with Crippen LogP contribution in [0.1, 0.15) is 22.7 Å². The van der Waals surface area contributed by atoms with Crippen LogP contribution in [0.3, 0.4) is 0 Å². The summed E-state index contributed by atoms with van der Waals surface area (Å²) in [7, 11) is 0. The predicted octanol–water partition coefficient (Wildman–Crippen LogP) is 3.82. The largest absolute Gasteiger partial charge is 0.392 e. The third-order valence-corrected chi connectivity index (χ3v) is 5.21. The van der Waals surface area contributed by atoms with Gasteiger partial charge in [0.2, 0.25) is 0 Å². The van der Waals surface area contributed by atoms with E-state index in [-0.39, 0.29) is 18.5 Å². The number of nitrogens with one attached hydrogen (secondary N) is 2. The van der Waals surface area contributed by atoms with Crippen molar-refractivity contribution in [3.05, 3.63) is 102 Å². The minimum atomic E-state index is -0.250. The average Bonchev–Trinajstić information content (AvgIpc) is 3.41. The van der Waals surface area contributed by atoms with Crippen molar-refractivity contribution in [1.29, 1.82) is 0 Å². The number of rotatable bonds is 4. The number of benzene rings is 2. The quantitative estimate of drug-likeness (QED) is 0.499. The summed E-state index contributed by atoms with van der Waals surface area (Å²) in [6, 6.07) is 18.3. The van der Waals surface area contributed by atoms with E-state index in [1.807, 2.05) is 53.2 Å². The molecule has 0 aliphatic carbocycles. The fourth-order valence-electron chi connectivity index (χ4n) is 3.73. The molecule has 6 heteroatoms. The van der Waals surface area contributed by atoms with Crippen molar-refractivity contribution in [1.82, 2.24) is 20.2 Å². The Labute approximate surface area is 167 Å². The molecule has 3 N–H and O–H groups in total. The van der Waals surface area contributed by atoms with E-state index in [1.54, 1.807) is 12.1 Å². The number of nitrogens with zero attached hydrogens (tertiary/aromatic N) is 2. The Morgan fingerprint density at radius 2 is 1.90 bits per heavy atom. The molecule has 29 heavy (non-hydrogen) atoms. The van der Waals surface area contributed by atoms with Crippen molar-refractivity contribution in [2.45, 2.75) is 12.6 Å². The Hall–Kier alpha value is -3.48. The Morgan fingerprint density at radius 3 is 2.72 bits per heavy atom. The van der Waals surface area contributed by atoms with Gasteiger partial charge in [-0.3, -0.25) is 4.40 Å². The average molecular weight is 386 g/mol. The first-order valence-electron chi connectivity index (χ1n) is 9.37. The van der Waals surface area contributed by atoms with Crippen molar-refractivity contribution in [3.63, 3.8) is 0 Å². The number of hydrogen-bond acceptors (Lipinski definition) is 4. The first-order valence-corrected chi connectivity index (χ1v) is 9.37. The van der Waals surface area contributed by atoms with E-state index in [2.05, 4.69) is 22.0 Å². The highest BCUT2D eigenvalue weighted by Crippen LogP contribution is 2.33. The number of pyridine rings is 1. The molecule has 0 amide bonds. The van der Waals surface area contributed by atoms with Crippen LogP contribution in [0.4, 0.5) is 4.39 Å². The van der Waals surface area contributed by atoms with Crippen LogP contribution in [-0.4, -0.2) is 14.5 Å². The molecule has 1 aliphatic heterocycles. The van der Waals surface area contributed by atoms with Gasteiger partial charge in [0.1, 0.15) is 11.5 Å². The van der Waals surface area contributed by atoms with E-state index in [0.717, 1.165) is 39.2 Å². The minimum absolute atomic E-state index is 0.000594. The Kier molecular flexibility index (Phi) is 4.35. The molecule has 3 heterocycles. The van der Waals surface area contributed by atoms with Crippen LogP contribution in [0.5, 0.6) is 0 Å². The molecular weight excluding hydrogens is 367 g/mol. The predicted molar refractivity (Wildman–Crippen MR) is 110 cm³/mol. The Morgan fingerprint density at radius 1 is 1.03 bits per heavy atom. The van der Waals surface area contributed by atoms with Gasteiger partial charge in [0.15, 0.2) is 0 Å². The van der Waals surface area contributed by atoms with Crippen LogP contribution in [0.2, 0.25) is 0 Å². The van der Waals surface area contributed by atoms with Crippen molar-refractivity contribution in [2.75, 3.05) is 0 Å². The van der Waals surface area contributed by atoms with E-state index in [4.69, 9.17) is 0 Å². The number of hydrogen-bond donors (Lipinski definition) is 3. The first kappa shape index (κ1) is 17.6. The molecule has 0 spiro atoms. The van der Waals surface area contributed by atoms with Crippen molar-refractivity contribution in [3.8, 4) is 11.3 Å². The number of fused-ring (bicyclic) bond motifs is 1. The van der Waals surface area contributed by atoms with Gasteiger partial charge in [-0.15, -0.1) is 0 Å². The van der Waals surface area contributed by atoms with E-state index in [9.17, 15) is 9.50 Å². The summed E-state index contributed by atoms with van der Waals surface area (Å²) in [6.07, 6.45) is 5.82. The number of aliphatic hydroxyl groups is 1. The van der Waals surface area contributed by atoms with Crippen molar-refractivity contribution < 1.29 is 9.50 Å². The molecule has 0 saturated heterocycles. The zero-order chi connectivity index (χ0) is 19.8. The van der Waals surface area contributed by atoms with Crippen LogP contribution in [-0.2, 0) is 6.61 Å². The summed E-state index contributed by atoms with van der Waals surface area (Å²) >= 11 is 0. The second-order valence-corrected chi connectivity index (χ2v) is 7.02. The van der Waals surface area contributed by atoms with Crippen LogP contribution in [0, 0.1) is 5.82 Å². The zero-order valence-electron chi connectivity index (χ0n) is 15.5. The standard InChI is InChI=1S/C23H19FN4O/c24-19-7-4-16(5-8-19)23-20(11-26-27-23)18-6-9-22-25-12-21(28(22)13-18)17-3-1-2-15(10-17)14-29/h1-13,23,26-27,29H,14H2. The smallest absolute Gasteiger partial charge is 0.137 e. The fraction of sp³-hybridized carbons (Fsp3) is 0.0870. The zero-order valence-corrected chi connectivity index (χ0v) is 15.5. The van der Waals surface area contributed by atoms with Gasteiger partial charge in [0.25, 0.3) is 0 Å². The number of halogens is 1. The normalized spacial score (nSPS) is 16.1. The van der Waals surface area contributed by atoms with E-state index in [1.165, 1.54) is 12.1 Å². The monoisotopic (exact) mass is 386 g/mol. The van der Waals surface area contributed by atoms with Gasteiger partial charge in [-0.05, 0) is 47.0 Å². The van der Waals surface area contributed by atoms with Crippen LogP contribution in [0.25, 0.3) is 22.5 Å². The summed E-state index contributed by atoms with van der Waals surface area (Å²) in [4.78, 5) is 4.51. The molecule has 1 aliphatic rings. The number of aliphatic hydroxyl groups excluding tert-OH is 1. The molecule has 0 saturated carbocycles. The maximum absolute atomic E-state index is 13.3. The molecule has 1 unspecified atom stereocenters. The maximum Gasteiger partial charge on any atom is 0.137 e. The maximum atomic E-state index is 13.3.